The van der Waals surface area contributed by atoms with Gasteiger partial charge < -0.3 is 14.4 Å². The highest BCUT2D eigenvalue weighted by molar-refractivity contribution is 7.42. The molecule has 7 nitrogen and oxygen atoms in total. The zero-order valence-electron chi connectivity index (χ0n) is 17.2. The molecular weight excluding hydrogens is 559 g/mol. The topological polar surface area (TPSA) is 80.8 Å². The highest BCUT2D eigenvalue weighted by Crippen LogP contribution is 2.30. The lowest BCUT2D eigenvalue weighted by Crippen LogP contribution is -2.37. The van der Waals surface area contributed by atoms with Crippen molar-refractivity contribution in [2.24, 2.45) is 14.1 Å². The Bertz CT molecular complexity index is 792. The number of halogens is 7. The summed E-state index contributed by atoms with van der Waals surface area (Å²) in [4.78, 5) is 16.9. The van der Waals surface area contributed by atoms with E-state index in [0.29, 0.717) is 12.8 Å². The third kappa shape index (κ3) is 14.9. The zero-order chi connectivity index (χ0) is 24.6. The summed E-state index contributed by atoms with van der Waals surface area (Å²) >= 11 is 34.4. The summed E-state index contributed by atoms with van der Waals surface area (Å²) < 4.78 is 24.2. The predicted molar refractivity (Wildman–Crippen MR) is 119 cm³/mol. The fraction of sp³-hybridized carbons (Fsp3) is 0.625. The van der Waals surface area contributed by atoms with Crippen LogP contribution in [0.15, 0.2) is 24.8 Å². The van der Waals surface area contributed by atoms with Crippen LogP contribution in [0.5, 0.6) is 0 Å². The number of alkyl halides is 6. The van der Waals surface area contributed by atoms with Crippen LogP contribution in [0.2, 0.25) is 0 Å². The first-order valence-electron chi connectivity index (χ1n) is 8.80. The van der Waals surface area contributed by atoms with Gasteiger partial charge in [0.15, 0.2) is 0 Å². The molecule has 15 heteroatoms. The molecule has 180 valence electrons. The number of nitrogens with zero attached hydrogens (tertiary/aromatic N) is 4. The number of rotatable bonds is 4. The van der Waals surface area contributed by atoms with E-state index in [9.17, 15) is 4.20 Å². The molecule has 0 amide bonds. The number of aryl methyl sites for hydroxylation is 4. The van der Waals surface area contributed by atoms with Crippen LogP contribution in [-0.4, -0.2) is 16.7 Å². The van der Waals surface area contributed by atoms with E-state index in [1.807, 2.05) is 48.0 Å². The van der Waals surface area contributed by atoms with E-state index in [1.54, 1.807) is 0 Å². The van der Waals surface area contributed by atoms with Gasteiger partial charge in [-0.15, -0.1) is 0 Å². The Morgan fingerprint density at radius 1 is 0.871 bits per heavy atom. The van der Waals surface area contributed by atoms with Crippen molar-refractivity contribution in [2.75, 3.05) is 0 Å². The SMILES string of the molecule is CC[n+]1ccn(C)c1CC(Cl)(Cl)Cl.CC[n+]1ccn(C)c1CC(Cl)(Cl)Cl.O=P([O-])([O-])F. The summed E-state index contributed by atoms with van der Waals surface area (Å²) in [6, 6.07) is 0. The Hall–Kier alpha value is 0.240. The zero-order valence-corrected chi connectivity index (χ0v) is 22.7. The van der Waals surface area contributed by atoms with Crippen molar-refractivity contribution < 1.29 is 27.7 Å². The number of hydrogen-bond donors (Lipinski definition) is 0. The van der Waals surface area contributed by atoms with Gasteiger partial charge in [0.1, 0.15) is 32.7 Å². The second-order valence-electron chi connectivity index (χ2n) is 6.24. The monoisotopic (exact) mass is 580 g/mol. The maximum Gasteiger partial charge on any atom is 0.260 e. The molecule has 0 unspecified atom stereocenters. The molecule has 0 aromatic carbocycles. The van der Waals surface area contributed by atoms with Gasteiger partial charge in [0.05, 0.1) is 40.0 Å². The van der Waals surface area contributed by atoms with E-state index in [4.69, 9.17) is 84.0 Å². The fourth-order valence-corrected chi connectivity index (χ4v) is 3.21. The lowest BCUT2D eigenvalue weighted by atomic mass is 10.4. The van der Waals surface area contributed by atoms with Crippen LogP contribution in [0.4, 0.5) is 4.20 Å². The second-order valence-corrected chi connectivity index (χ2v) is 12.1. The van der Waals surface area contributed by atoms with Gasteiger partial charge in [-0.2, -0.15) is 0 Å². The van der Waals surface area contributed by atoms with Crippen molar-refractivity contribution in [3.63, 3.8) is 0 Å². The average molecular weight is 583 g/mol. The van der Waals surface area contributed by atoms with Gasteiger partial charge in [-0.25, -0.2) is 22.5 Å². The van der Waals surface area contributed by atoms with Crippen LogP contribution >= 0.6 is 77.5 Å². The quantitative estimate of drug-likeness (QED) is 0.315. The summed E-state index contributed by atoms with van der Waals surface area (Å²) in [7, 11) is -1.75. The van der Waals surface area contributed by atoms with Crippen molar-refractivity contribution in [2.45, 2.75) is 47.4 Å². The van der Waals surface area contributed by atoms with E-state index in [1.165, 1.54) is 0 Å². The smallest absolute Gasteiger partial charge is 0.260 e. The molecule has 0 fully saturated rings. The van der Waals surface area contributed by atoms with E-state index in [-0.39, 0.29) is 0 Å². The molecule has 2 heterocycles. The molecule has 0 aliphatic carbocycles. The van der Waals surface area contributed by atoms with Crippen LogP contribution in [0.25, 0.3) is 0 Å². The van der Waals surface area contributed by atoms with Gasteiger partial charge in [0.25, 0.3) is 11.6 Å². The molecular formula is C16H24Cl6FN4O3P. The normalized spacial score (nSPS) is 12.0. The van der Waals surface area contributed by atoms with Crippen molar-refractivity contribution in [3.8, 4) is 0 Å². The molecule has 2 aromatic rings. The number of hydrogen-bond acceptors (Lipinski definition) is 3. The van der Waals surface area contributed by atoms with Crippen LogP contribution in [0.1, 0.15) is 25.5 Å². The molecule has 0 aliphatic heterocycles. The Kier molecular flexibility index (Phi) is 13.3. The van der Waals surface area contributed by atoms with Crippen molar-refractivity contribution in [1.82, 2.24) is 9.13 Å². The molecule has 0 saturated carbocycles. The molecule has 31 heavy (non-hydrogen) atoms. The standard InChI is InChI=1S/2C8H12Cl3N2.FH2O3P/c2*1-3-13-5-4-12(2)7(13)6-8(9,10)11;1-5(2,3)4/h2*4-5H,3,6H2,1-2H3;(H2,2,3,4)/q2*+1;/p-2. The second kappa shape index (κ2) is 13.2. The summed E-state index contributed by atoms with van der Waals surface area (Å²) in [6.07, 6.45) is 8.71. The highest BCUT2D eigenvalue weighted by Gasteiger charge is 2.28. The van der Waals surface area contributed by atoms with E-state index in [2.05, 4.69) is 23.0 Å². The van der Waals surface area contributed by atoms with Gasteiger partial charge >= 0.3 is 0 Å². The average Bonchev–Trinajstić information content (AvgIpc) is 3.07. The van der Waals surface area contributed by atoms with Gasteiger partial charge in [-0.3, -0.25) is 0 Å². The molecule has 2 rings (SSSR count). The Morgan fingerprint density at radius 2 is 1.13 bits per heavy atom. The number of aromatic nitrogens is 4. The van der Waals surface area contributed by atoms with Gasteiger partial charge in [-0.05, 0) is 13.8 Å². The van der Waals surface area contributed by atoms with Gasteiger partial charge in [0, 0.05) is 0 Å². The molecule has 0 bridgehead atoms. The molecule has 0 radical (unpaired) electrons. The summed E-state index contributed by atoms with van der Waals surface area (Å²) in [5.74, 6) is 2.03. The summed E-state index contributed by atoms with van der Waals surface area (Å²) in [5.41, 5.74) is 0. The highest BCUT2D eigenvalue weighted by atomic mass is 35.6. The van der Waals surface area contributed by atoms with Crippen molar-refractivity contribution in [3.05, 3.63) is 36.4 Å². The first kappa shape index (κ1) is 31.2. The Balaban J connectivity index is 0.000000479. The lowest BCUT2D eigenvalue weighted by molar-refractivity contribution is -0.700. The summed E-state index contributed by atoms with van der Waals surface area (Å²) in [6.45, 7) is 5.89. The van der Waals surface area contributed by atoms with E-state index >= 15 is 0 Å². The minimum absolute atomic E-state index is 0.426. The third-order valence-corrected chi connectivity index (χ3v) is 4.62. The molecule has 0 aliphatic rings. The fourth-order valence-electron chi connectivity index (χ4n) is 2.50. The van der Waals surface area contributed by atoms with Crippen LogP contribution in [0, 0.1) is 0 Å². The maximum atomic E-state index is 10.1. The molecule has 0 saturated heterocycles. The van der Waals surface area contributed by atoms with Crippen LogP contribution < -0.4 is 18.9 Å². The minimum Gasteiger partial charge on any atom is -0.786 e. The summed E-state index contributed by atoms with van der Waals surface area (Å²) in [5, 5.41) is 0. The molecule has 0 atom stereocenters. The molecule has 0 spiro atoms. The third-order valence-electron chi connectivity index (χ3n) is 3.82. The van der Waals surface area contributed by atoms with Gasteiger partial charge in [0.2, 0.25) is 7.59 Å². The largest absolute Gasteiger partial charge is 0.786 e. The first-order valence-corrected chi connectivity index (χ1v) is 12.5. The predicted octanol–water partition coefficient (Wildman–Crippen LogP) is 3.28. The first-order chi connectivity index (χ1) is 13.9. The molecule has 0 N–H and O–H groups in total. The Morgan fingerprint density at radius 3 is 1.32 bits per heavy atom. The number of imidazole rings is 2. The molecule has 2 aromatic heterocycles. The van der Waals surface area contributed by atoms with Crippen LogP contribution in [0.3, 0.4) is 0 Å². The van der Waals surface area contributed by atoms with Crippen LogP contribution in [-0.2, 0) is 44.6 Å². The maximum absolute atomic E-state index is 10.1. The van der Waals surface area contributed by atoms with E-state index < -0.39 is 15.5 Å². The van der Waals surface area contributed by atoms with Crippen molar-refractivity contribution >= 4 is 77.5 Å². The lowest BCUT2D eigenvalue weighted by Gasteiger charge is -2.15. The van der Waals surface area contributed by atoms with E-state index in [0.717, 1.165) is 24.7 Å². The Labute approximate surface area is 211 Å². The minimum atomic E-state index is -5.64. The van der Waals surface area contributed by atoms with Crippen molar-refractivity contribution in [1.29, 1.82) is 0 Å². The van der Waals surface area contributed by atoms with Gasteiger partial charge in [-0.1, -0.05) is 69.6 Å².